The summed E-state index contributed by atoms with van der Waals surface area (Å²) in [5, 5.41) is 4.02. The number of carbonyl (C=O) groups is 1. The van der Waals surface area contributed by atoms with E-state index in [0.717, 1.165) is 29.8 Å². The van der Waals surface area contributed by atoms with Gasteiger partial charge in [-0.3, -0.25) is 4.40 Å². The van der Waals surface area contributed by atoms with Crippen LogP contribution in [0.15, 0.2) is 29.2 Å². The Hall–Kier alpha value is -2.90. The van der Waals surface area contributed by atoms with E-state index in [1.54, 1.807) is 17.3 Å². The van der Waals surface area contributed by atoms with Crippen molar-refractivity contribution in [2.45, 2.75) is 52.1 Å². The summed E-state index contributed by atoms with van der Waals surface area (Å²) >= 11 is 0. The smallest absolute Gasteiger partial charge is 0.410 e. The fourth-order valence-corrected chi connectivity index (χ4v) is 3.69. The fraction of sp³-hybridized carbons (Fsp3) is 0.500. The minimum absolute atomic E-state index is 0.112. The molecule has 148 valence electrons. The predicted molar refractivity (Wildman–Crippen MR) is 103 cm³/mol. The molecular formula is C20H25N5O3. The maximum absolute atomic E-state index is 12.6. The molecule has 4 rings (SSSR count). The molecule has 28 heavy (non-hydrogen) atoms. The highest BCUT2D eigenvalue weighted by molar-refractivity contribution is 5.69. The molecule has 1 aliphatic rings. The van der Waals surface area contributed by atoms with Crippen molar-refractivity contribution in [3.8, 4) is 11.3 Å². The molecule has 1 saturated heterocycles. The maximum atomic E-state index is 12.6. The second-order valence-electron chi connectivity index (χ2n) is 8.25. The van der Waals surface area contributed by atoms with Gasteiger partial charge in [0.25, 0.3) is 0 Å². The third-order valence-corrected chi connectivity index (χ3v) is 4.82. The van der Waals surface area contributed by atoms with E-state index in [0.29, 0.717) is 24.6 Å². The number of ether oxygens (including phenoxy) is 1. The molecule has 8 nitrogen and oxygen atoms in total. The molecule has 0 spiro atoms. The number of piperidine rings is 1. The van der Waals surface area contributed by atoms with Gasteiger partial charge in [-0.2, -0.15) is 0 Å². The highest BCUT2D eigenvalue weighted by atomic mass is 16.6. The summed E-state index contributed by atoms with van der Waals surface area (Å²) in [5.41, 5.74) is 2.21. The van der Waals surface area contributed by atoms with Crippen LogP contribution in [-0.4, -0.2) is 49.2 Å². The summed E-state index contributed by atoms with van der Waals surface area (Å²) in [6.07, 6.45) is 7.00. The number of aryl methyl sites for hydroxylation is 1. The van der Waals surface area contributed by atoms with E-state index in [1.807, 2.05) is 44.4 Å². The standard InChI is InChI=1S/C20H25N5O3/c1-13-10-16(28-23-13)15-11-22-18-21-7-9-25(18)17(15)14-6-5-8-24(12-14)19(26)27-20(2,3)4/h7,9-11,14H,5-6,8,12H2,1-4H3/t14-/m1/s1. The van der Waals surface area contributed by atoms with E-state index in [4.69, 9.17) is 9.26 Å². The Morgan fingerprint density at radius 2 is 2.14 bits per heavy atom. The molecule has 0 unspecified atom stereocenters. The van der Waals surface area contributed by atoms with E-state index < -0.39 is 5.60 Å². The van der Waals surface area contributed by atoms with Crippen molar-refractivity contribution in [1.82, 2.24) is 24.4 Å². The van der Waals surface area contributed by atoms with Crippen LogP contribution < -0.4 is 0 Å². The molecule has 0 saturated carbocycles. The number of nitrogens with zero attached hydrogens (tertiary/aromatic N) is 5. The van der Waals surface area contributed by atoms with Crippen molar-refractivity contribution in [2.24, 2.45) is 0 Å². The summed E-state index contributed by atoms with van der Waals surface area (Å²) in [4.78, 5) is 23.2. The van der Waals surface area contributed by atoms with Crippen LogP contribution in [-0.2, 0) is 4.74 Å². The van der Waals surface area contributed by atoms with Crippen LogP contribution in [0.25, 0.3) is 17.1 Å². The lowest BCUT2D eigenvalue weighted by Crippen LogP contribution is -2.42. The molecule has 1 atom stereocenters. The van der Waals surface area contributed by atoms with E-state index in [9.17, 15) is 4.79 Å². The molecule has 0 aromatic carbocycles. The maximum Gasteiger partial charge on any atom is 0.410 e. The van der Waals surface area contributed by atoms with Crippen molar-refractivity contribution in [3.63, 3.8) is 0 Å². The van der Waals surface area contributed by atoms with E-state index in [1.165, 1.54) is 0 Å². The molecule has 0 bridgehead atoms. The minimum Gasteiger partial charge on any atom is -0.444 e. The van der Waals surface area contributed by atoms with Crippen LogP contribution in [0.1, 0.15) is 50.9 Å². The van der Waals surface area contributed by atoms with Gasteiger partial charge in [-0.25, -0.2) is 14.8 Å². The largest absolute Gasteiger partial charge is 0.444 e. The topological polar surface area (TPSA) is 85.8 Å². The summed E-state index contributed by atoms with van der Waals surface area (Å²) in [6.45, 7) is 8.81. The van der Waals surface area contributed by atoms with Gasteiger partial charge in [0.2, 0.25) is 5.78 Å². The molecule has 4 heterocycles. The van der Waals surface area contributed by atoms with Crippen molar-refractivity contribution in [2.75, 3.05) is 13.1 Å². The molecule has 0 aliphatic carbocycles. The second-order valence-corrected chi connectivity index (χ2v) is 8.25. The Bertz CT molecular complexity index is 1000. The third kappa shape index (κ3) is 3.58. The Morgan fingerprint density at radius 1 is 1.32 bits per heavy atom. The van der Waals surface area contributed by atoms with Crippen LogP contribution >= 0.6 is 0 Å². The normalized spacial score (nSPS) is 17.9. The van der Waals surface area contributed by atoms with Crippen molar-refractivity contribution in [3.05, 3.63) is 36.0 Å². The van der Waals surface area contributed by atoms with Gasteiger partial charge in [0.1, 0.15) is 5.60 Å². The highest BCUT2D eigenvalue weighted by Crippen LogP contribution is 2.35. The zero-order valence-electron chi connectivity index (χ0n) is 16.7. The molecule has 1 aliphatic heterocycles. The van der Waals surface area contributed by atoms with Gasteiger partial charge < -0.3 is 14.2 Å². The number of likely N-dealkylation sites (tertiary alicyclic amines) is 1. The molecule has 3 aromatic rings. The molecule has 8 heteroatoms. The van der Waals surface area contributed by atoms with Gasteiger partial charge in [-0.05, 0) is 40.5 Å². The Kier molecular flexibility index (Phi) is 4.56. The summed E-state index contributed by atoms with van der Waals surface area (Å²) < 4.78 is 13.1. The van der Waals surface area contributed by atoms with Crippen LogP contribution in [0.3, 0.4) is 0 Å². The predicted octanol–water partition coefficient (Wildman–Crippen LogP) is 3.81. The van der Waals surface area contributed by atoms with Crippen LogP contribution in [0.2, 0.25) is 0 Å². The molecule has 0 N–H and O–H groups in total. The Morgan fingerprint density at radius 3 is 2.86 bits per heavy atom. The first kappa shape index (κ1) is 18.5. The molecule has 1 amide bonds. The lowest BCUT2D eigenvalue weighted by Gasteiger charge is -2.34. The first-order valence-electron chi connectivity index (χ1n) is 9.55. The van der Waals surface area contributed by atoms with Gasteiger partial charge in [0.15, 0.2) is 5.76 Å². The minimum atomic E-state index is -0.513. The van der Waals surface area contributed by atoms with Gasteiger partial charge in [-0.1, -0.05) is 5.16 Å². The van der Waals surface area contributed by atoms with Gasteiger partial charge in [0.05, 0.1) is 11.3 Å². The lowest BCUT2D eigenvalue weighted by molar-refractivity contribution is 0.0197. The van der Waals surface area contributed by atoms with Crippen LogP contribution in [0.4, 0.5) is 4.79 Å². The second kappa shape index (κ2) is 6.92. The van der Waals surface area contributed by atoms with Crippen molar-refractivity contribution >= 4 is 11.9 Å². The Balaban J connectivity index is 1.71. The molecular weight excluding hydrogens is 358 g/mol. The first-order chi connectivity index (χ1) is 13.3. The quantitative estimate of drug-likeness (QED) is 0.669. The van der Waals surface area contributed by atoms with Crippen LogP contribution in [0, 0.1) is 6.92 Å². The van der Waals surface area contributed by atoms with Gasteiger partial charge in [0, 0.05) is 49.4 Å². The number of rotatable bonds is 2. The third-order valence-electron chi connectivity index (χ3n) is 4.82. The molecule has 1 fully saturated rings. The highest BCUT2D eigenvalue weighted by Gasteiger charge is 2.31. The first-order valence-corrected chi connectivity index (χ1v) is 9.55. The number of amides is 1. The van der Waals surface area contributed by atoms with Gasteiger partial charge >= 0.3 is 6.09 Å². The SMILES string of the molecule is Cc1cc(-c2cnc3nccn3c2[C@@H]2CCCN(C(=O)OC(C)(C)C)C2)on1. The fourth-order valence-electron chi connectivity index (χ4n) is 3.69. The van der Waals surface area contributed by atoms with Crippen molar-refractivity contribution < 1.29 is 14.1 Å². The molecule has 3 aromatic heterocycles. The number of aromatic nitrogens is 4. The number of hydrogen-bond donors (Lipinski definition) is 0. The van der Waals surface area contributed by atoms with Crippen molar-refractivity contribution in [1.29, 1.82) is 0 Å². The summed E-state index contributed by atoms with van der Waals surface area (Å²) in [7, 11) is 0. The number of imidazole rings is 1. The summed E-state index contributed by atoms with van der Waals surface area (Å²) in [5.74, 6) is 1.41. The van der Waals surface area contributed by atoms with E-state index in [-0.39, 0.29) is 12.0 Å². The number of fused-ring (bicyclic) bond motifs is 1. The molecule has 0 radical (unpaired) electrons. The van der Waals surface area contributed by atoms with E-state index >= 15 is 0 Å². The van der Waals surface area contributed by atoms with E-state index in [2.05, 4.69) is 15.1 Å². The number of carbonyl (C=O) groups excluding carboxylic acids is 1. The number of hydrogen-bond acceptors (Lipinski definition) is 6. The Labute approximate surface area is 163 Å². The monoisotopic (exact) mass is 383 g/mol. The average molecular weight is 383 g/mol. The van der Waals surface area contributed by atoms with Crippen LogP contribution in [0.5, 0.6) is 0 Å². The zero-order chi connectivity index (χ0) is 19.9. The summed E-state index contributed by atoms with van der Waals surface area (Å²) in [6, 6.07) is 1.90. The van der Waals surface area contributed by atoms with Gasteiger partial charge in [-0.15, -0.1) is 0 Å². The zero-order valence-corrected chi connectivity index (χ0v) is 16.7. The lowest BCUT2D eigenvalue weighted by atomic mass is 9.91. The average Bonchev–Trinajstić information content (AvgIpc) is 3.28.